The Morgan fingerprint density at radius 1 is 0.981 bits per heavy atom. The van der Waals surface area contributed by atoms with Gasteiger partial charge >= 0.3 is 5.97 Å². The van der Waals surface area contributed by atoms with Crippen molar-refractivity contribution < 1.29 is 14.7 Å². The molecule has 53 heavy (non-hydrogen) atoms. The number of para-hydroxylation sites is 2. The van der Waals surface area contributed by atoms with E-state index in [1.54, 1.807) is 24.3 Å². The van der Waals surface area contributed by atoms with Crippen LogP contribution >= 0.6 is 11.3 Å². The summed E-state index contributed by atoms with van der Waals surface area (Å²) in [6, 6.07) is 18.3. The van der Waals surface area contributed by atoms with E-state index in [1.807, 2.05) is 43.3 Å². The second kappa shape index (κ2) is 13.3. The first-order chi connectivity index (χ1) is 25.2. The van der Waals surface area contributed by atoms with Gasteiger partial charge in [0, 0.05) is 35.0 Å². The Kier molecular flexibility index (Phi) is 9.08. The van der Waals surface area contributed by atoms with Gasteiger partial charge in [0.15, 0.2) is 10.8 Å². The van der Waals surface area contributed by atoms with Gasteiger partial charge in [0.2, 0.25) is 0 Å². The molecule has 11 nitrogen and oxygen atoms in total. The number of aromatic carboxylic acids is 1. The van der Waals surface area contributed by atoms with Gasteiger partial charge in [0.05, 0.1) is 32.7 Å². The first kappa shape index (κ1) is 36.1. The van der Waals surface area contributed by atoms with Crippen LogP contribution in [0, 0.1) is 26.6 Å². The molecule has 2 aromatic carbocycles. The third-order valence-corrected chi connectivity index (χ3v) is 12.4. The lowest BCUT2D eigenvalue weighted by atomic mass is 9.46. The van der Waals surface area contributed by atoms with Crippen LogP contribution in [0.1, 0.15) is 99.6 Å². The maximum Gasteiger partial charge on any atom is 0.355 e. The molecular formula is C41H45N7O4S. The number of carbonyl (C=O) groups is 2. The molecule has 0 radical (unpaired) electrons. The van der Waals surface area contributed by atoms with Crippen LogP contribution in [0.15, 0.2) is 71.5 Å². The number of benzene rings is 2. The van der Waals surface area contributed by atoms with Crippen LogP contribution in [-0.4, -0.2) is 50.2 Å². The number of carboxylic acid groups (broad SMARTS) is 1. The zero-order chi connectivity index (χ0) is 37.8. The van der Waals surface area contributed by atoms with Crippen molar-refractivity contribution >= 4 is 61.3 Å². The maximum atomic E-state index is 13.4. The minimum Gasteiger partial charge on any atom is -0.476 e. The average Bonchev–Trinajstić information content (AvgIpc) is 3.74. The van der Waals surface area contributed by atoms with Crippen LogP contribution in [0.4, 0.5) is 5.13 Å². The number of amides is 1. The molecule has 2 saturated carbocycles. The number of rotatable bonds is 11. The minimum atomic E-state index is -1.22. The summed E-state index contributed by atoms with van der Waals surface area (Å²) in [5, 5.41) is 30.1. The predicted molar refractivity (Wildman–Crippen MR) is 212 cm³/mol. The molecule has 2 aliphatic rings. The van der Waals surface area contributed by atoms with Gasteiger partial charge < -0.3 is 20.8 Å². The molecule has 5 N–H and O–H groups in total. The molecular weight excluding hydrogens is 687 g/mol. The van der Waals surface area contributed by atoms with Crippen molar-refractivity contribution in [3.8, 4) is 11.4 Å². The topological polar surface area (TPSA) is 173 Å². The van der Waals surface area contributed by atoms with Crippen molar-refractivity contribution in [3.05, 3.63) is 88.1 Å². The quantitative estimate of drug-likeness (QED) is 0.0664. The highest BCUT2D eigenvalue weighted by Crippen LogP contribution is 2.63. The summed E-state index contributed by atoms with van der Waals surface area (Å²) in [4.78, 5) is 50.9. The van der Waals surface area contributed by atoms with Crippen LogP contribution in [0.2, 0.25) is 0 Å². The number of thiazole rings is 1. The monoisotopic (exact) mass is 731 g/mol. The van der Waals surface area contributed by atoms with Crippen molar-refractivity contribution in [3.63, 3.8) is 0 Å². The average molecular weight is 732 g/mol. The van der Waals surface area contributed by atoms with Crippen molar-refractivity contribution in [2.45, 2.75) is 78.7 Å². The predicted octanol–water partition coefficient (Wildman–Crippen LogP) is 9.67. The largest absolute Gasteiger partial charge is 0.476 e. The Labute approximate surface area is 312 Å². The number of hydrogen-bond donors (Lipinski definition) is 5. The van der Waals surface area contributed by atoms with E-state index in [2.05, 4.69) is 58.5 Å². The second-order valence-electron chi connectivity index (χ2n) is 16.3. The Bertz CT molecular complexity index is 2300. The van der Waals surface area contributed by atoms with E-state index in [0.29, 0.717) is 57.4 Å². The van der Waals surface area contributed by atoms with E-state index in [-0.39, 0.29) is 27.8 Å². The summed E-state index contributed by atoms with van der Waals surface area (Å²) in [6.45, 7) is 11.4. The second-order valence-corrected chi connectivity index (χ2v) is 17.3. The number of aromatic amines is 1. The first-order valence-corrected chi connectivity index (χ1v) is 18.8. The van der Waals surface area contributed by atoms with Crippen molar-refractivity contribution in [2.24, 2.45) is 21.4 Å². The van der Waals surface area contributed by atoms with Gasteiger partial charge in [-0.05, 0) is 91.7 Å². The highest BCUT2D eigenvalue weighted by Gasteiger charge is 2.59. The van der Waals surface area contributed by atoms with Crippen molar-refractivity contribution in [2.75, 3.05) is 11.9 Å². The standard InChI is InChI=1S/C41H45N7O4S/c1-6-38(3)18-39(4)19-40(5,22-41(20-38,21-39)48-52)23-43-24(2)28(17-42)26-14-15-29(44-34(26)36(50)51)31-16-25-10-9-11-27(33(25)45-31)35(49)47-37-46-30-12-7-8-13-32(30)53-37/h7-17,42-43,45H,6,18-23H2,1-5H3,(H,50,51)(H,46,47,49)/b28-24+,42-17?. The fourth-order valence-corrected chi connectivity index (χ4v) is 10.7. The molecule has 5 aromatic rings. The van der Waals surface area contributed by atoms with Crippen LogP contribution < -0.4 is 10.6 Å². The Morgan fingerprint density at radius 2 is 1.74 bits per heavy atom. The molecule has 3 aromatic heterocycles. The van der Waals surface area contributed by atoms with E-state index in [1.165, 1.54) is 11.3 Å². The lowest BCUT2D eigenvalue weighted by Crippen LogP contribution is -2.56. The molecule has 0 saturated heterocycles. The maximum absolute atomic E-state index is 13.4. The number of fused-ring (bicyclic) bond motifs is 4. The molecule has 0 spiro atoms. The number of H-pyrrole nitrogens is 1. The Morgan fingerprint density at radius 3 is 2.45 bits per heavy atom. The number of allylic oxidation sites excluding steroid dienone is 2. The molecule has 1 amide bonds. The fraction of sp³-hybridized carbons (Fsp3) is 0.390. The van der Waals surface area contributed by atoms with Crippen LogP contribution in [-0.2, 0) is 0 Å². The van der Waals surface area contributed by atoms with E-state index in [0.717, 1.165) is 53.9 Å². The number of nitrogens with zero attached hydrogens (tertiary/aromatic N) is 3. The highest BCUT2D eigenvalue weighted by atomic mass is 32.1. The Balaban J connectivity index is 1.14. The molecule has 274 valence electrons. The first-order valence-electron chi connectivity index (χ1n) is 18.0. The lowest BCUT2D eigenvalue weighted by Gasteiger charge is -2.59. The minimum absolute atomic E-state index is 0.00653. The SMILES string of the molecule is CCC1(C)CC2(C)CC(C)(CN/C(C)=C(\C=N)c3ccc(-c4cc5cccc(C(=O)Nc6nc7ccccc7s6)c5[nH]4)nc3C(=O)O)CC(N=O)(C1)C2. The number of hydrogen-bond acceptors (Lipinski definition) is 9. The molecule has 0 aliphatic heterocycles. The number of aromatic nitrogens is 3. The summed E-state index contributed by atoms with van der Waals surface area (Å²) in [6.07, 6.45) is 6.46. The third kappa shape index (κ3) is 6.88. The third-order valence-electron chi connectivity index (χ3n) is 11.4. The molecule has 7 rings (SSSR count). The van der Waals surface area contributed by atoms with Crippen LogP contribution in [0.25, 0.3) is 38.1 Å². The zero-order valence-corrected chi connectivity index (χ0v) is 31.5. The van der Waals surface area contributed by atoms with Crippen LogP contribution in [0.5, 0.6) is 0 Å². The van der Waals surface area contributed by atoms with E-state index < -0.39 is 11.5 Å². The van der Waals surface area contributed by atoms with Gasteiger partial charge in [0.1, 0.15) is 5.54 Å². The molecule has 3 heterocycles. The van der Waals surface area contributed by atoms with Gasteiger partial charge in [-0.25, -0.2) is 14.8 Å². The number of nitroso groups, excluding NO2 is 1. The summed E-state index contributed by atoms with van der Waals surface area (Å²) in [5.41, 5.74) is 3.19. The van der Waals surface area contributed by atoms with Gasteiger partial charge in [0.25, 0.3) is 5.91 Å². The lowest BCUT2D eigenvalue weighted by molar-refractivity contribution is -0.0678. The summed E-state index contributed by atoms with van der Waals surface area (Å²) in [5.74, 6) is -1.54. The van der Waals surface area contributed by atoms with Gasteiger partial charge in [-0.1, -0.05) is 74.9 Å². The van der Waals surface area contributed by atoms with E-state index in [4.69, 9.17) is 5.41 Å². The van der Waals surface area contributed by atoms with Crippen molar-refractivity contribution in [1.82, 2.24) is 20.3 Å². The smallest absolute Gasteiger partial charge is 0.355 e. The zero-order valence-electron chi connectivity index (χ0n) is 30.7. The van der Waals surface area contributed by atoms with Gasteiger partial charge in [-0.15, -0.1) is 0 Å². The molecule has 2 aliphatic carbocycles. The number of anilines is 1. The number of pyridine rings is 1. The molecule has 4 atom stereocenters. The van der Waals surface area contributed by atoms with Crippen molar-refractivity contribution in [1.29, 1.82) is 5.41 Å². The van der Waals surface area contributed by atoms with Gasteiger partial charge in [-0.3, -0.25) is 10.1 Å². The molecule has 2 fully saturated rings. The normalized spacial score (nSPS) is 25.8. The molecule has 4 unspecified atom stereocenters. The van der Waals surface area contributed by atoms with Gasteiger partial charge in [-0.2, -0.15) is 4.91 Å². The number of nitrogens with one attached hydrogen (secondary N) is 4. The van der Waals surface area contributed by atoms with E-state index >= 15 is 0 Å². The number of carbonyl (C=O) groups excluding carboxylic acids is 1. The summed E-state index contributed by atoms with van der Waals surface area (Å²) < 4.78 is 0.971. The molecule has 2 bridgehead atoms. The number of carboxylic acids is 1. The fourth-order valence-electron chi connectivity index (χ4n) is 9.81. The molecule has 12 heteroatoms. The summed E-state index contributed by atoms with van der Waals surface area (Å²) in [7, 11) is 0. The van der Waals surface area contributed by atoms with Crippen LogP contribution in [0.3, 0.4) is 0 Å². The summed E-state index contributed by atoms with van der Waals surface area (Å²) >= 11 is 1.40. The Hall–Kier alpha value is -5.23. The highest BCUT2D eigenvalue weighted by molar-refractivity contribution is 7.22. The van der Waals surface area contributed by atoms with E-state index in [9.17, 15) is 19.6 Å².